The lowest BCUT2D eigenvalue weighted by molar-refractivity contribution is -0.118. The minimum Gasteiger partial charge on any atom is -0.432 e. The molecule has 84 valence electrons. The van der Waals surface area contributed by atoms with E-state index in [9.17, 15) is 4.79 Å². The van der Waals surface area contributed by atoms with Crippen LogP contribution in [0.3, 0.4) is 0 Å². The number of aromatic nitrogens is 1. The van der Waals surface area contributed by atoms with Gasteiger partial charge in [-0.2, -0.15) is 4.98 Å². The highest BCUT2D eigenvalue weighted by atomic mass is 16.4. The van der Waals surface area contributed by atoms with Crippen molar-refractivity contribution in [2.24, 2.45) is 11.7 Å². The van der Waals surface area contributed by atoms with E-state index in [1.165, 1.54) is 6.26 Å². The molecular formula is C10H17N3O2. The van der Waals surface area contributed by atoms with Crippen LogP contribution in [0.15, 0.2) is 10.7 Å². The molecule has 0 aliphatic rings. The average Bonchev–Trinajstić information content (AvgIpc) is 2.61. The normalized spacial score (nSPS) is 14.7. The van der Waals surface area contributed by atoms with Gasteiger partial charge in [-0.05, 0) is 12.8 Å². The second-order valence-electron chi connectivity index (χ2n) is 3.69. The number of rotatable bonds is 4. The Kier molecular flexibility index (Phi) is 3.85. The van der Waals surface area contributed by atoms with E-state index in [2.05, 4.69) is 10.3 Å². The van der Waals surface area contributed by atoms with Gasteiger partial charge in [-0.3, -0.25) is 10.1 Å². The number of carbonyl (C=O) groups is 1. The molecule has 0 aliphatic heterocycles. The van der Waals surface area contributed by atoms with E-state index in [1.54, 1.807) is 6.92 Å². The maximum atomic E-state index is 11.6. The zero-order valence-electron chi connectivity index (χ0n) is 9.28. The quantitative estimate of drug-likeness (QED) is 0.786. The monoisotopic (exact) mass is 211 g/mol. The lowest BCUT2D eigenvalue weighted by Crippen LogP contribution is -2.40. The maximum absolute atomic E-state index is 11.6. The van der Waals surface area contributed by atoms with Crippen LogP contribution in [0.25, 0.3) is 0 Å². The number of nitrogens with zero attached hydrogens (tertiary/aromatic N) is 1. The zero-order valence-corrected chi connectivity index (χ0v) is 9.28. The van der Waals surface area contributed by atoms with Crippen molar-refractivity contribution in [3.8, 4) is 0 Å². The minimum absolute atomic E-state index is 0.140. The van der Waals surface area contributed by atoms with Gasteiger partial charge in [0.05, 0.1) is 11.7 Å². The summed E-state index contributed by atoms with van der Waals surface area (Å²) < 4.78 is 5.00. The Morgan fingerprint density at radius 1 is 1.73 bits per heavy atom. The van der Waals surface area contributed by atoms with Crippen LogP contribution < -0.4 is 11.1 Å². The summed E-state index contributed by atoms with van der Waals surface area (Å²) in [5.41, 5.74) is 6.47. The third-order valence-electron chi connectivity index (χ3n) is 2.41. The second kappa shape index (κ2) is 4.93. The Bertz CT molecular complexity index is 335. The summed E-state index contributed by atoms with van der Waals surface area (Å²) in [5, 5.41) is 2.54. The standard InChI is InChI=1S/C10H17N3O2/c1-4-6(2)8(11)9(14)13-10-12-7(3)5-15-10/h5-6,8H,4,11H2,1-3H3,(H,12,13,14)/t6?,8-/m0/s1. The Morgan fingerprint density at radius 3 is 2.87 bits per heavy atom. The molecule has 2 atom stereocenters. The molecule has 5 nitrogen and oxygen atoms in total. The van der Waals surface area contributed by atoms with Crippen molar-refractivity contribution in [1.29, 1.82) is 0 Å². The fourth-order valence-corrected chi connectivity index (χ4v) is 1.11. The Morgan fingerprint density at radius 2 is 2.40 bits per heavy atom. The first kappa shape index (κ1) is 11.7. The van der Waals surface area contributed by atoms with E-state index in [1.807, 2.05) is 13.8 Å². The van der Waals surface area contributed by atoms with Gasteiger partial charge in [0.1, 0.15) is 6.26 Å². The van der Waals surface area contributed by atoms with Crippen molar-refractivity contribution in [3.05, 3.63) is 12.0 Å². The number of nitrogens with two attached hydrogens (primary N) is 1. The number of anilines is 1. The molecule has 0 radical (unpaired) electrons. The van der Waals surface area contributed by atoms with Crippen LogP contribution in [0.1, 0.15) is 26.0 Å². The predicted octanol–water partition coefficient (Wildman–Crippen LogP) is 1.29. The predicted molar refractivity (Wildman–Crippen MR) is 57.3 cm³/mol. The number of carbonyl (C=O) groups excluding carboxylic acids is 1. The largest absolute Gasteiger partial charge is 0.432 e. The van der Waals surface area contributed by atoms with Crippen molar-refractivity contribution in [2.75, 3.05) is 5.32 Å². The lowest BCUT2D eigenvalue weighted by atomic mass is 10.00. The van der Waals surface area contributed by atoms with Gasteiger partial charge in [-0.15, -0.1) is 0 Å². The molecule has 0 saturated heterocycles. The van der Waals surface area contributed by atoms with E-state index in [-0.39, 0.29) is 17.8 Å². The smallest absolute Gasteiger partial charge is 0.301 e. The van der Waals surface area contributed by atoms with Gasteiger partial charge in [0.15, 0.2) is 0 Å². The molecule has 1 aromatic heterocycles. The van der Waals surface area contributed by atoms with E-state index in [0.29, 0.717) is 0 Å². The number of hydrogen-bond donors (Lipinski definition) is 2. The molecule has 1 aromatic rings. The number of oxazole rings is 1. The highest BCUT2D eigenvalue weighted by Gasteiger charge is 2.20. The molecule has 15 heavy (non-hydrogen) atoms. The third-order valence-corrected chi connectivity index (χ3v) is 2.41. The maximum Gasteiger partial charge on any atom is 0.301 e. The summed E-state index contributed by atoms with van der Waals surface area (Å²) in [6.45, 7) is 5.71. The van der Waals surface area contributed by atoms with Crippen LogP contribution in [-0.2, 0) is 4.79 Å². The highest BCUT2D eigenvalue weighted by Crippen LogP contribution is 2.10. The van der Waals surface area contributed by atoms with Gasteiger partial charge in [-0.25, -0.2) is 0 Å². The van der Waals surface area contributed by atoms with Crippen molar-refractivity contribution in [3.63, 3.8) is 0 Å². The summed E-state index contributed by atoms with van der Waals surface area (Å²) in [6.07, 6.45) is 2.34. The Balaban J connectivity index is 2.55. The molecule has 1 unspecified atom stereocenters. The molecule has 0 spiro atoms. The highest BCUT2D eigenvalue weighted by molar-refractivity contribution is 5.93. The van der Waals surface area contributed by atoms with Crippen molar-refractivity contribution >= 4 is 11.9 Å². The summed E-state index contributed by atoms with van der Waals surface area (Å²) in [5.74, 6) is -0.118. The molecule has 0 aromatic carbocycles. The second-order valence-corrected chi connectivity index (χ2v) is 3.69. The first-order valence-corrected chi connectivity index (χ1v) is 5.03. The number of aryl methyl sites for hydroxylation is 1. The topological polar surface area (TPSA) is 81.2 Å². The third kappa shape index (κ3) is 3.06. The van der Waals surface area contributed by atoms with Gasteiger partial charge in [0.25, 0.3) is 0 Å². The number of hydrogen-bond acceptors (Lipinski definition) is 4. The molecule has 0 bridgehead atoms. The number of nitrogens with one attached hydrogen (secondary N) is 1. The summed E-state index contributed by atoms with van der Waals surface area (Å²) in [6, 6.07) is -0.321. The molecular weight excluding hydrogens is 194 g/mol. The first-order chi connectivity index (χ1) is 7.04. The van der Waals surface area contributed by atoms with Crippen molar-refractivity contribution < 1.29 is 9.21 Å². The van der Waals surface area contributed by atoms with Crippen molar-refractivity contribution in [1.82, 2.24) is 4.98 Å². The van der Waals surface area contributed by atoms with Crippen LogP contribution in [0.5, 0.6) is 0 Å². The lowest BCUT2D eigenvalue weighted by Gasteiger charge is -2.16. The molecule has 0 fully saturated rings. The van der Waals surface area contributed by atoms with Gasteiger partial charge >= 0.3 is 6.01 Å². The van der Waals surface area contributed by atoms with Gasteiger partial charge in [-0.1, -0.05) is 20.3 Å². The van der Waals surface area contributed by atoms with Gasteiger partial charge in [0, 0.05) is 0 Å². The Hall–Kier alpha value is -1.36. The van der Waals surface area contributed by atoms with Gasteiger partial charge in [0.2, 0.25) is 5.91 Å². The first-order valence-electron chi connectivity index (χ1n) is 5.03. The van der Waals surface area contributed by atoms with E-state index < -0.39 is 6.04 Å². The zero-order chi connectivity index (χ0) is 11.4. The molecule has 0 saturated carbocycles. The SMILES string of the molecule is CCC(C)[C@H](N)C(=O)Nc1nc(C)co1. The van der Waals surface area contributed by atoms with Crippen molar-refractivity contribution in [2.45, 2.75) is 33.2 Å². The van der Waals surface area contributed by atoms with E-state index in [0.717, 1.165) is 12.1 Å². The molecule has 1 rings (SSSR count). The van der Waals surface area contributed by atoms with Gasteiger partial charge < -0.3 is 10.2 Å². The number of amides is 1. The summed E-state index contributed by atoms with van der Waals surface area (Å²) in [4.78, 5) is 15.5. The fourth-order valence-electron chi connectivity index (χ4n) is 1.11. The summed E-state index contributed by atoms with van der Waals surface area (Å²) in [7, 11) is 0. The molecule has 3 N–H and O–H groups in total. The van der Waals surface area contributed by atoms with Crippen LogP contribution >= 0.6 is 0 Å². The molecule has 5 heteroatoms. The van der Waals surface area contributed by atoms with Crippen LogP contribution in [0.4, 0.5) is 6.01 Å². The van der Waals surface area contributed by atoms with E-state index in [4.69, 9.17) is 10.2 Å². The van der Waals surface area contributed by atoms with Crippen LogP contribution in [0, 0.1) is 12.8 Å². The Labute approximate surface area is 89.1 Å². The molecule has 1 amide bonds. The average molecular weight is 211 g/mol. The van der Waals surface area contributed by atoms with Crippen LogP contribution in [-0.4, -0.2) is 16.9 Å². The summed E-state index contributed by atoms with van der Waals surface area (Å²) >= 11 is 0. The fraction of sp³-hybridized carbons (Fsp3) is 0.600. The molecule has 0 aliphatic carbocycles. The molecule has 1 heterocycles. The minimum atomic E-state index is -0.526. The van der Waals surface area contributed by atoms with Crippen LogP contribution in [0.2, 0.25) is 0 Å². The van der Waals surface area contributed by atoms with E-state index >= 15 is 0 Å².